The van der Waals surface area contributed by atoms with E-state index in [9.17, 15) is 8.42 Å². The van der Waals surface area contributed by atoms with E-state index in [1.54, 1.807) is 0 Å². The summed E-state index contributed by atoms with van der Waals surface area (Å²) in [5, 5.41) is 0.938. The van der Waals surface area contributed by atoms with Crippen LogP contribution >= 0.6 is 27.7 Å². The molecule has 5 heteroatoms. The summed E-state index contributed by atoms with van der Waals surface area (Å²) in [6, 6.07) is 0. The van der Waals surface area contributed by atoms with Crippen molar-refractivity contribution in [3.8, 4) is 0 Å². The van der Waals surface area contributed by atoms with Gasteiger partial charge in [-0.2, -0.15) is 11.8 Å². The van der Waals surface area contributed by atoms with Crippen LogP contribution in [-0.4, -0.2) is 37.3 Å². The fourth-order valence-electron chi connectivity index (χ4n) is 1.90. The molecule has 84 valence electrons. The van der Waals surface area contributed by atoms with Crippen LogP contribution in [0.15, 0.2) is 0 Å². The molecule has 0 N–H and O–H groups in total. The fourth-order valence-corrected chi connectivity index (χ4v) is 5.21. The Morgan fingerprint density at radius 2 is 2.29 bits per heavy atom. The molecule has 0 aromatic heterocycles. The van der Waals surface area contributed by atoms with Crippen molar-refractivity contribution in [2.24, 2.45) is 11.8 Å². The molecule has 0 amide bonds. The average Bonchev–Trinajstić information content (AvgIpc) is 2.48. The van der Waals surface area contributed by atoms with Crippen molar-refractivity contribution in [2.45, 2.75) is 12.8 Å². The van der Waals surface area contributed by atoms with E-state index in [1.165, 1.54) is 0 Å². The van der Waals surface area contributed by atoms with Crippen molar-refractivity contribution < 1.29 is 8.42 Å². The molecular formula is C9H17BrO2S2. The van der Waals surface area contributed by atoms with Gasteiger partial charge < -0.3 is 0 Å². The minimum atomic E-state index is -2.70. The smallest absolute Gasteiger partial charge is 0.150 e. The predicted octanol–water partition coefficient (Wildman–Crippen LogP) is 2.19. The Hall–Kier alpha value is 0.780. The third kappa shape index (κ3) is 3.74. The molecule has 2 atom stereocenters. The number of alkyl halides is 1. The van der Waals surface area contributed by atoms with Gasteiger partial charge in [-0.05, 0) is 36.7 Å². The van der Waals surface area contributed by atoms with Gasteiger partial charge in [0, 0.05) is 5.33 Å². The maximum atomic E-state index is 11.3. The Bertz CT molecular complexity index is 264. The molecule has 0 spiro atoms. The van der Waals surface area contributed by atoms with Gasteiger partial charge >= 0.3 is 0 Å². The number of hydrogen-bond donors (Lipinski definition) is 0. The Morgan fingerprint density at radius 3 is 2.71 bits per heavy atom. The summed E-state index contributed by atoms with van der Waals surface area (Å²) < 4.78 is 22.6. The van der Waals surface area contributed by atoms with Crippen LogP contribution in [0.4, 0.5) is 0 Å². The molecule has 1 aliphatic rings. The molecule has 2 unspecified atom stereocenters. The molecule has 1 rings (SSSR count). The molecule has 0 aliphatic carbocycles. The number of sulfone groups is 1. The summed E-state index contributed by atoms with van der Waals surface area (Å²) in [6.45, 7) is 0. The second-order valence-electron chi connectivity index (χ2n) is 3.86. The van der Waals surface area contributed by atoms with E-state index in [1.807, 2.05) is 11.8 Å². The number of halogens is 1. The lowest BCUT2D eigenvalue weighted by Gasteiger charge is -2.19. The highest BCUT2D eigenvalue weighted by Gasteiger charge is 2.32. The van der Waals surface area contributed by atoms with Crippen LogP contribution in [0.25, 0.3) is 0 Å². The third-order valence-corrected chi connectivity index (χ3v) is 6.09. The highest BCUT2D eigenvalue weighted by molar-refractivity contribution is 9.09. The molecular weight excluding hydrogens is 284 g/mol. The summed E-state index contributed by atoms with van der Waals surface area (Å²) in [4.78, 5) is 0. The summed E-state index contributed by atoms with van der Waals surface area (Å²) >= 11 is 5.32. The zero-order chi connectivity index (χ0) is 10.6. The van der Waals surface area contributed by atoms with Crippen molar-refractivity contribution in [2.75, 3.05) is 28.8 Å². The molecule has 0 bridgehead atoms. The zero-order valence-electron chi connectivity index (χ0n) is 8.41. The Kier molecular flexibility index (Phi) is 5.28. The minimum absolute atomic E-state index is 0.395. The van der Waals surface area contributed by atoms with Gasteiger partial charge in [-0.3, -0.25) is 0 Å². The SMILES string of the molecule is CSCCC(CBr)C1CCS(=O)(=O)C1. The lowest BCUT2D eigenvalue weighted by Crippen LogP contribution is -2.18. The Balaban J connectivity index is 2.46. The van der Waals surface area contributed by atoms with Gasteiger partial charge in [0.25, 0.3) is 0 Å². The van der Waals surface area contributed by atoms with E-state index in [0.717, 1.165) is 23.9 Å². The molecule has 1 fully saturated rings. The predicted molar refractivity (Wildman–Crippen MR) is 67.0 cm³/mol. The van der Waals surface area contributed by atoms with Gasteiger partial charge in [0.15, 0.2) is 9.84 Å². The summed E-state index contributed by atoms with van der Waals surface area (Å²) in [7, 11) is -2.70. The molecule has 0 aromatic rings. The second-order valence-corrected chi connectivity index (χ2v) is 7.72. The second kappa shape index (κ2) is 5.75. The fraction of sp³-hybridized carbons (Fsp3) is 1.00. The first kappa shape index (κ1) is 12.8. The van der Waals surface area contributed by atoms with E-state index in [-0.39, 0.29) is 0 Å². The van der Waals surface area contributed by atoms with Gasteiger partial charge in [-0.15, -0.1) is 0 Å². The van der Waals surface area contributed by atoms with E-state index in [0.29, 0.717) is 23.3 Å². The van der Waals surface area contributed by atoms with Crippen LogP contribution in [0.3, 0.4) is 0 Å². The van der Waals surface area contributed by atoms with Gasteiger partial charge in [-0.25, -0.2) is 8.42 Å². The van der Waals surface area contributed by atoms with E-state index in [4.69, 9.17) is 0 Å². The highest BCUT2D eigenvalue weighted by Crippen LogP contribution is 2.30. The Labute approximate surface area is 99.3 Å². The summed E-state index contributed by atoms with van der Waals surface area (Å²) in [5.41, 5.74) is 0. The molecule has 0 aromatic carbocycles. The quantitative estimate of drug-likeness (QED) is 0.730. The van der Waals surface area contributed by atoms with Gasteiger partial charge in [-0.1, -0.05) is 15.9 Å². The van der Waals surface area contributed by atoms with E-state index >= 15 is 0 Å². The average molecular weight is 301 g/mol. The molecule has 1 heterocycles. The molecule has 14 heavy (non-hydrogen) atoms. The van der Waals surface area contributed by atoms with Crippen LogP contribution < -0.4 is 0 Å². The van der Waals surface area contributed by atoms with Crippen molar-refractivity contribution in [1.29, 1.82) is 0 Å². The molecule has 0 saturated carbocycles. The van der Waals surface area contributed by atoms with Gasteiger partial charge in [0.2, 0.25) is 0 Å². The number of thioether (sulfide) groups is 1. The molecule has 1 aliphatic heterocycles. The van der Waals surface area contributed by atoms with Crippen LogP contribution in [0, 0.1) is 11.8 Å². The number of rotatable bonds is 5. The first-order chi connectivity index (χ1) is 6.59. The van der Waals surface area contributed by atoms with Crippen molar-refractivity contribution in [3.63, 3.8) is 0 Å². The summed E-state index contributed by atoms with van der Waals surface area (Å²) in [6.07, 6.45) is 4.09. The Morgan fingerprint density at radius 1 is 1.57 bits per heavy atom. The largest absolute Gasteiger partial charge is 0.229 e. The maximum Gasteiger partial charge on any atom is 0.150 e. The van der Waals surface area contributed by atoms with Crippen LogP contribution in [-0.2, 0) is 9.84 Å². The first-order valence-electron chi connectivity index (χ1n) is 4.84. The van der Waals surface area contributed by atoms with Gasteiger partial charge in [0.1, 0.15) is 0 Å². The van der Waals surface area contributed by atoms with Crippen molar-refractivity contribution in [1.82, 2.24) is 0 Å². The zero-order valence-corrected chi connectivity index (χ0v) is 11.6. The molecule has 2 nitrogen and oxygen atoms in total. The monoisotopic (exact) mass is 300 g/mol. The van der Waals surface area contributed by atoms with Crippen molar-refractivity contribution in [3.05, 3.63) is 0 Å². The van der Waals surface area contributed by atoms with E-state index < -0.39 is 9.84 Å². The standard InChI is InChI=1S/C9H17BrO2S2/c1-13-4-2-8(6-10)9-3-5-14(11,12)7-9/h8-9H,2-7H2,1H3. The lowest BCUT2D eigenvalue weighted by molar-refractivity contribution is 0.396. The van der Waals surface area contributed by atoms with Crippen LogP contribution in [0.2, 0.25) is 0 Å². The molecule has 0 radical (unpaired) electrons. The first-order valence-corrected chi connectivity index (χ1v) is 9.18. The van der Waals surface area contributed by atoms with Gasteiger partial charge in [0.05, 0.1) is 11.5 Å². The van der Waals surface area contributed by atoms with Crippen LogP contribution in [0.1, 0.15) is 12.8 Å². The van der Waals surface area contributed by atoms with Crippen LogP contribution in [0.5, 0.6) is 0 Å². The summed E-state index contributed by atoms with van der Waals surface area (Å²) in [5.74, 6) is 2.89. The maximum absolute atomic E-state index is 11.3. The normalized spacial score (nSPS) is 27.7. The minimum Gasteiger partial charge on any atom is -0.229 e. The molecule has 1 saturated heterocycles. The van der Waals surface area contributed by atoms with Crippen molar-refractivity contribution >= 4 is 37.5 Å². The van der Waals surface area contributed by atoms with E-state index in [2.05, 4.69) is 22.2 Å². The lowest BCUT2D eigenvalue weighted by atomic mass is 9.91. The number of hydrogen-bond acceptors (Lipinski definition) is 3. The highest BCUT2D eigenvalue weighted by atomic mass is 79.9. The third-order valence-electron chi connectivity index (χ3n) is 2.83. The topological polar surface area (TPSA) is 34.1 Å².